The first-order chi connectivity index (χ1) is 9.67. The molecule has 0 aromatic heterocycles. The highest BCUT2D eigenvalue weighted by Crippen LogP contribution is 2.35. The number of halogens is 4. The number of amides is 1. The van der Waals surface area contributed by atoms with Gasteiger partial charge in [-0.25, -0.2) is 0 Å². The van der Waals surface area contributed by atoms with E-state index < -0.39 is 23.6 Å². The minimum Gasteiger partial charge on any atom is -0.404 e. The molecule has 116 valence electrons. The molecule has 1 fully saturated rings. The molecular formula is C13H14BrF3N2O2. The number of hydrogen-bond acceptors (Lipinski definition) is 3. The van der Waals surface area contributed by atoms with E-state index in [-0.39, 0.29) is 12.1 Å². The average molecular weight is 367 g/mol. The summed E-state index contributed by atoms with van der Waals surface area (Å²) in [6, 6.07) is 4.00. The Balaban J connectivity index is 2.09. The van der Waals surface area contributed by atoms with Gasteiger partial charge in [0, 0.05) is 16.4 Å². The van der Waals surface area contributed by atoms with Crippen LogP contribution in [0.5, 0.6) is 5.75 Å². The van der Waals surface area contributed by atoms with Gasteiger partial charge in [0.15, 0.2) is 5.75 Å². The fraction of sp³-hybridized carbons (Fsp3) is 0.462. The minimum atomic E-state index is -4.83. The lowest BCUT2D eigenvalue weighted by Crippen LogP contribution is -2.48. The maximum absolute atomic E-state index is 12.4. The molecule has 8 heteroatoms. The van der Waals surface area contributed by atoms with E-state index in [1.165, 1.54) is 12.1 Å². The van der Waals surface area contributed by atoms with E-state index >= 15 is 0 Å². The summed E-state index contributed by atoms with van der Waals surface area (Å²) in [5, 5.41) is 2.42. The molecule has 0 unspecified atom stereocenters. The van der Waals surface area contributed by atoms with E-state index in [1.807, 2.05) is 0 Å². The summed E-state index contributed by atoms with van der Waals surface area (Å²) in [5.41, 5.74) is 5.37. The number of hydrogen-bond donors (Lipinski definition) is 2. The molecule has 0 heterocycles. The molecule has 0 radical (unpaired) electrons. The Labute approximate surface area is 128 Å². The van der Waals surface area contributed by atoms with Gasteiger partial charge in [0.1, 0.15) is 0 Å². The number of benzene rings is 1. The zero-order valence-corrected chi connectivity index (χ0v) is 12.6. The quantitative estimate of drug-likeness (QED) is 0.856. The number of nitrogens with one attached hydrogen (secondary N) is 1. The van der Waals surface area contributed by atoms with Crippen molar-refractivity contribution in [2.24, 2.45) is 5.73 Å². The average Bonchev–Trinajstić information content (AvgIpc) is 2.28. The minimum absolute atomic E-state index is 0.0385. The Bertz CT molecular complexity index is 545. The van der Waals surface area contributed by atoms with E-state index in [0.29, 0.717) is 4.47 Å². The van der Waals surface area contributed by atoms with Crippen LogP contribution >= 0.6 is 15.9 Å². The maximum Gasteiger partial charge on any atom is 0.573 e. The fourth-order valence-corrected chi connectivity index (χ4v) is 2.47. The van der Waals surface area contributed by atoms with Gasteiger partial charge in [-0.15, -0.1) is 13.2 Å². The number of ether oxygens (including phenoxy) is 1. The summed E-state index contributed by atoms with van der Waals surface area (Å²) < 4.78 is 41.4. The van der Waals surface area contributed by atoms with E-state index in [4.69, 9.17) is 5.73 Å². The molecule has 1 aromatic carbocycles. The first-order valence-corrected chi connectivity index (χ1v) is 7.10. The monoisotopic (exact) mass is 366 g/mol. The van der Waals surface area contributed by atoms with Crippen molar-refractivity contribution in [2.45, 2.75) is 37.6 Å². The highest BCUT2D eigenvalue weighted by molar-refractivity contribution is 9.10. The fourth-order valence-electron chi connectivity index (χ4n) is 2.13. The lowest BCUT2D eigenvalue weighted by atomic mass is 9.75. The molecule has 0 aliphatic heterocycles. The molecule has 21 heavy (non-hydrogen) atoms. The Morgan fingerprint density at radius 3 is 2.62 bits per heavy atom. The van der Waals surface area contributed by atoms with Gasteiger partial charge in [0.2, 0.25) is 5.91 Å². The predicted octanol–water partition coefficient (Wildman–Crippen LogP) is 3.56. The molecule has 0 atom stereocenters. The molecule has 3 N–H and O–H groups in total. The first kappa shape index (κ1) is 16.1. The maximum atomic E-state index is 12.4. The lowest BCUT2D eigenvalue weighted by Gasteiger charge is -2.37. The van der Waals surface area contributed by atoms with Crippen molar-refractivity contribution in [1.29, 1.82) is 0 Å². The van der Waals surface area contributed by atoms with Gasteiger partial charge in [0.25, 0.3) is 0 Å². The van der Waals surface area contributed by atoms with E-state index in [2.05, 4.69) is 26.0 Å². The van der Waals surface area contributed by atoms with Crippen LogP contribution in [0.1, 0.15) is 25.7 Å². The van der Waals surface area contributed by atoms with Gasteiger partial charge in [-0.05, 0) is 37.5 Å². The lowest BCUT2D eigenvalue weighted by molar-refractivity contribution is -0.274. The van der Waals surface area contributed by atoms with Crippen molar-refractivity contribution in [2.75, 3.05) is 5.32 Å². The number of carbonyl (C=O) groups excluding carboxylic acids is 1. The van der Waals surface area contributed by atoms with E-state index in [0.717, 1.165) is 25.3 Å². The summed E-state index contributed by atoms with van der Waals surface area (Å²) in [4.78, 5) is 11.9. The number of nitrogens with two attached hydrogens (primary N) is 1. The predicted molar refractivity (Wildman–Crippen MR) is 74.8 cm³/mol. The zero-order valence-electron chi connectivity index (χ0n) is 11.0. The summed E-state index contributed by atoms with van der Waals surface area (Å²) in [6.07, 6.45) is -2.30. The Morgan fingerprint density at radius 1 is 1.43 bits per heavy atom. The smallest absolute Gasteiger partial charge is 0.404 e. The van der Waals surface area contributed by atoms with Crippen LogP contribution in [0.25, 0.3) is 0 Å². The van der Waals surface area contributed by atoms with E-state index in [1.54, 1.807) is 0 Å². The van der Waals surface area contributed by atoms with Gasteiger partial charge in [-0.2, -0.15) is 0 Å². The second kappa shape index (κ2) is 5.84. The van der Waals surface area contributed by atoms with Crippen molar-refractivity contribution in [3.63, 3.8) is 0 Å². The standard InChI is InChI=1S/C13H14BrF3N2O2/c14-8-2-3-9(10(6-8)21-13(15,16)17)19-11(20)7-12(18)4-1-5-12/h2-3,6H,1,4-5,7,18H2,(H,19,20). The molecule has 1 amide bonds. The van der Waals surface area contributed by atoms with Crippen molar-refractivity contribution in [1.82, 2.24) is 0 Å². The van der Waals surface area contributed by atoms with Gasteiger partial charge in [-0.1, -0.05) is 15.9 Å². The zero-order chi connectivity index (χ0) is 15.7. The molecule has 4 nitrogen and oxygen atoms in total. The summed E-state index contributed by atoms with van der Waals surface area (Å²) >= 11 is 3.06. The third-order valence-corrected chi connectivity index (χ3v) is 3.80. The summed E-state index contributed by atoms with van der Waals surface area (Å²) in [7, 11) is 0. The van der Waals surface area contributed by atoms with Crippen molar-refractivity contribution < 1.29 is 22.7 Å². The largest absolute Gasteiger partial charge is 0.573 e. The number of rotatable bonds is 4. The second-order valence-corrected chi connectivity index (χ2v) is 6.04. The van der Waals surface area contributed by atoms with Crippen LogP contribution in [-0.4, -0.2) is 17.8 Å². The number of alkyl halides is 3. The number of carbonyl (C=O) groups is 1. The molecule has 2 rings (SSSR count). The van der Waals surface area contributed by atoms with Crippen LogP contribution in [0.3, 0.4) is 0 Å². The van der Waals surface area contributed by atoms with Crippen LogP contribution in [0.15, 0.2) is 22.7 Å². The Kier molecular flexibility index (Phi) is 4.48. The molecule has 1 aromatic rings. The van der Waals surface area contributed by atoms with Gasteiger partial charge < -0.3 is 15.8 Å². The van der Waals surface area contributed by atoms with Crippen LogP contribution < -0.4 is 15.8 Å². The highest BCUT2D eigenvalue weighted by atomic mass is 79.9. The SMILES string of the molecule is NC1(CC(=O)Nc2ccc(Br)cc2OC(F)(F)F)CCC1. The second-order valence-electron chi connectivity index (χ2n) is 5.13. The van der Waals surface area contributed by atoms with E-state index in [9.17, 15) is 18.0 Å². The van der Waals surface area contributed by atoms with Gasteiger partial charge in [0.05, 0.1) is 5.69 Å². The van der Waals surface area contributed by atoms with Crippen molar-refractivity contribution in [3.8, 4) is 5.75 Å². The molecule has 0 saturated heterocycles. The molecule has 1 aliphatic rings. The summed E-state index contributed by atoms with van der Waals surface area (Å²) in [6.45, 7) is 0. The van der Waals surface area contributed by atoms with Crippen LogP contribution in [0.4, 0.5) is 18.9 Å². The van der Waals surface area contributed by atoms with Crippen molar-refractivity contribution >= 4 is 27.5 Å². The van der Waals surface area contributed by atoms with Crippen LogP contribution in [0, 0.1) is 0 Å². The third kappa shape index (κ3) is 4.60. The number of anilines is 1. The third-order valence-electron chi connectivity index (χ3n) is 3.31. The topological polar surface area (TPSA) is 64.4 Å². The van der Waals surface area contributed by atoms with Gasteiger partial charge in [-0.3, -0.25) is 4.79 Å². The van der Waals surface area contributed by atoms with Crippen LogP contribution in [0.2, 0.25) is 0 Å². The van der Waals surface area contributed by atoms with Crippen LogP contribution in [-0.2, 0) is 4.79 Å². The van der Waals surface area contributed by atoms with Gasteiger partial charge >= 0.3 is 6.36 Å². The summed E-state index contributed by atoms with van der Waals surface area (Å²) in [5.74, 6) is -0.892. The highest BCUT2D eigenvalue weighted by Gasteiger charge is 2.35. The molecule has 0 spiro atoms. The normalized spacial score (nSPS) is 17.0. The molecule has 0 bridgehead atoms. The molecule has 1 aliphatic carbocycles. The Hall–Kier alpha value is -1.28. The van der Waals surface area contributed by atoms with Crippen molar-refractivity contribution in [3.05, 3.63) is 22.7 Å². The molecule has 1 saturated carbocycles. The Morgan fingerprint density at radius 2 is 2.10 bits per heavy atom. The molecular weight excluding hydrogens is 353 g/mol. The first-order valence-electron chi connectivity index (χ1n) is 6.31.